The van der Waals surface area contributed by atoms with Crippen molar-refractivity contribution in [1.82, 2.24) is 40.1 Å². The van der Waals surface area contributed by atoms with Crippen molar-refractivity contribution >= 4 is 27.6 Å². The van der Waals surface area contributed by atoms with Crippen LogP contribution in [0.4, 0.5) is 5.69 Å². The zero-order chi connectivity index (χ0) is 22.4. The molecule has 9 heteroatoms. The van der Waals surface area contributed by atoms with Crippen LogP contribution in [0.5, 0.6) is 0 Å². The van der Waals surface area contributed by atoms with Crippen molar-refractivity contribution in [3.8, 4) is 34.0 Å². The molecule has 0 atom stereocenters. The molecule has 160 valence electrons. The van der Waals surface area contributed by atoms with Crippen molar-refractivity contribution in [2.75, 3.05) is 19.0 Å². The van der Waals surface area contributed by atoms with Gasteiger partial charge in [0.15, 0.2) is 5.82 Å². The van der Waals surface area contributed by atoms with Crippen molar-refractivity contribution < 1.29 is 0 Å². The highest BCUT2D eigenvalue weighted by Crippen LogP contribution is 2.31. The maximum atomic E-state index is 4.86. The molecular weight excluding hydrogens is 414 g/mol. The van der Waals surface area contributed by atoms with Gasteiger partial charge >= 0.3 is 0 Å². The van der Waals surface area contributed by atoms with Gasteiger partial charge in [0.25, 0.3) is 0 Å². The number of pyridine rings is 4. The number of nitrogens with one attached hydrogen (secondary N) is 2. The molecule has 6 heterocycles. The molecular formula is C24H19N9. The number of rotatable bonds is 4. The first-order valence-corrected chi connectivity index (χ1v) is 10.4. The third-order valence-electron chi connectivity index (χ3n) is 5.54. The van der Waals surface area contributed by atoms with E-state index in [1.807, 2.05) is 55.7 Å². The SMILES string of the molecule is CN(C)c1cncc(-c2cc3c(-c4nc5c(-c6ccccn6)cncc5[nH]4)n[nH]c3cn2)c1. The lowest BCUT2D eigenvalue weighted by Gasteiger charge is -2.12. The molecule has 6 rings (SSSR count). The summed E-state index contributed by atoms with van der Waals surface area (Å²) in [6, 6.07) is 9.86. The Bertz CT molecular complexity index is 1600. The van der Waals surface area contributed by atoms with Crippen LogP contribution in [0.1, 0.15) is 0 Å². The van der Waals surface area contributed by atoms with E-state index in [-0.39, 0.29) is 0 Å². The Labute approximate surface area is 188 Å². The van der Waals surface area contributed by atoms with Crippen molar-refractivity contribution in [3.05, 3.63) is 67.5 Å². The molecule has 6 aromatic rings. The van der Waals surface area contributed by atoms with Gasteiger partial charge in [0.2, 0.25) is 0 Å². The molecule has 0 bridgehead atoms. The number of aromatic nitrogens is 8. The van der Waals surface area contributed by atoms with E-state index in [1.165, 1.54) is 0 Å². The van der Waals surface area contributed by atoms with Crippen molar-refractivity contribution in [3.63, 3.8) is 0 Å². The number of anilines is 1. The third-order valence-corrected chi connectivity index (χ3v) is 5.54. The third kappa shape index (κ3) is 3.26. The van der Waals surface area contributed by atoms with Crippen LogP contribution in [0.3, 0.4) is 0 Å². The lowest BCUT2D eigenvalue weighted by Crippen LogP contribution is -2.08. The molecule has 0 unspecified atom stereocenters. The smallest absolute Gasteiger partial charge is 0.159 e. The number of aromatic amines is 2. The van der Waals surface area contributed by atoms with E-state index in [1.54, 1.807) is 24.8 Å². The summed E-state index contributed by atoms with van der Waals surface area (Å²) in [4.78, 5) is 28.0. The fourth-order valence-electron chi connectivity index (χ4n) is 3.82. The second kappa shape index (κ2) is 7.49. The minimum atomic E-state index is 0.652. The summed E-state index contributed by atoms with van der Waals surface area (Å²) in [5, 5.41) is 8.50. The Balaban J connectivity index is 1.48. The fourth-order valence-corrected chi connectivity index (χ4v) is 3.82. The normalized spacial score (nSPS) is 11.3. The molecule has 0 saturated heterocycles. The maximum Gasteiger partial charge on any atom is 0.159 e. The molecule has 0 fully saturated rings. The Hall–Kier alpha value is -4.66. The lowest BCUT2D eigenvalue weighted by molar-refractivity contribution is 1.10. The van der Waals surface area contributed by atoms with Gasteiger partial charge in [-0.3, -0.25) is 25.0 Å². The van der Waals surface area contributed by atoms with E-state index in [0.717, 1.165) is 50.1 Å². The zero-order valence-electron chi connectivity index (χ0n) is 18.0. The van der Waals surface area contributed by atoms with Crippen LogP contribution in [-0.2, 0) is 0 Å². The van der Waals surface area contributed by atoms with Crippen LogP contribution in [-0.4, -0.2) is 54.2 Å². The number of hydrogen-bond acceptors (Lipinski definition) is 7. The predicted molar refractivity (Wildman–Crippen MR) is 128 cm³/mol. The van der Waals surface area contributed by atoms with Crippen LogP contribution < -0.4 is 4.90 Å². The Morgan fingerprint density at radius 3 is 2.61 bits per heavy atom. The molecule has 33 heavy (non-hydrogen) atoms. The van der Waals surface area contributed by atoms with E-state index in [9.17, 15) is 0 Å². The second-order valence-corrected chi connectivity index (χ2v) is 7.90. The van der Waals surface area contributed by atoms with Gasteiger partial charge < -0.3 is 9.88 Å². The largest absolute Gasteiger partial charge is 0.376 e. The van der Waals surface area contributed by atoms with Gasteiger partial charge in [-0.15, -0.1) is 0 Å². The van der Waals surface area contributed by atoms with E-state index in [2.05, 4.69) is 41.2 Å². The van der Waals surface area contributed by atoms with Gasteiger partial charge in [0, 0.05) is 49.2 Å². The molecule has 0 aliphatic rings. The molecule has 9 nitrogen and oxygen atoms in total. The van der Waals surface area contributed by atoms with Crippen molar-refractivity contribution in [1.29, 1.82) is 0 Å². The first-order valence-electron chi connectivity index (χ1n) is 10.4. The van der Waals surface area contributed by atoms with Crippen LogP contribution in [0, 0.1) is 0 Å². The van der Waals surface area contributed by atoms with Crippen molar-refractivity contribution in [2.24, 2.45) is 0 Å². The number of nitrogens with zero attached hydrogens (tertiary/aromatic N) is 7. The molecule has 0 aliphatic heterocycles. The van der Waals surface area contributed by atoms with Gasteiger partial charge in [-0.25, -0.2) is 4.98 Å². The summed E-state index contributed by atoms with van der Waals surface area (Å²) < 4.78 is 0. The van der Waals surface area contributed by atoms with Gasteiger partial charge in [-0.1, -0.05) is 6.07 Å². The van der Waals surface area contributed by atoms with Crippen LogP contribution in [0.25, 0.3) is 56.0 Å². The molecule has 6 aromatic heterocycles. The highest BCUT2D eigenvalue weighted by molar-refractivity contribution is 5.97. The summed E-state index contributed by atoms with van der Waals surface area (Å²) in [6.45, 7) is 0. The van der Waals surface area contributed by atoms with E-state index >= 15 is 0 Å². The van der Waals surface area contributed by atoms with Gasteiger partial charge in [0.1, 0.15) is 11.2 Å². The molecule has 0 radical (unpaired) electrons. The monoisotopic (exact) mass is 433 g/mol. The second-order valence-electron chi connectivity index (χ2n) is 7.90. The molecule has 0 aromatic carbocycles. The Morgan fingerprint density at radius 2 is 1.76 bits per heavy atom. The molecule has 0 spiro atoms. The average molecular weight is 433 g/mol. The summed E-state index contributed by atoms with van der Waals surface area (Å²) in [5.41, 5.74) is 7.60. The van der Waals surface area contributed by atoms with Crippen LogP contribution in [0.15, 0.2) is 67.5 Å². The van der Waals surface area contributed by atoms with E-state index in [4.69, 9.17) is 4.98 Å². The Kier molecular flexibility index (Phi) is 4.32. The number of fused-ring (bicyclic) bond motifs is 2. The van der Waals surface area contributed by atoms with E-state index in [0.29, 0.717) is 11.5 Å². The molecule has 2 N–H and O–H groups in total. The molecule has 0 amide bonds. The Morgan fingerprint density at radius 1 is 0.848 bits per heavy atom. The van der Waals surface area contributed by atoms with Crippen LogP contribution >= 0.6 is 0 Å². The van der Waals surface area contributed by atoms with Gasteiger partial charge in [0.05, 0.1) is 46.7 Å². The predicted octanol–water partition coefficient (Wildman–Crippen LogP) is 4.09. The minimum Gasteiger partial charge on any atom is -0.376 e. The van der Waals surface area contributed by atoms with E-state index < -0.39 is 0 Å². The van der Waals surface area contributed by atoms with Crippen LogP contribution in [0.2, 0.25) is 0 Å². The number of imidazole rings is 1. The summed E-state index contributed by atoms with van der Waals surface area (Å²) >= 11 is 0. The van der Waals surface area contributed by atoms with Crippen molar-refractivity contribution in [2.45, 2.75) is 0 Å². The van der Waals surface area contributed by atoms with Gasteiger partial charge in [-0.05, 0) is 24.3 Å². The summed E-state index contributed by atoms with van der Waals surface area (Å²) in [5.74, 6) is 0.652. The minimum absolute atomic E-state index is 0.652. The zero-order valence-corrected chi connectivity index (χ0v) is 18.0. The lowest BCUT2D eigenvalue weighted by atomic mass is 10.1. The molecule has 0 saturated carbocycles. The fraction of sp³-hybridized carbons (Fsp3) is 0.0833. The number of hydrogen-bond donors (Lipinski definition) is 2. The standard InChI is InChI=1S/C24H19N9/c1-33(2)15-7-14(9-25-10-15)19-8-16-20(13-28-19)31-32-23(16)24-29-21-12-26-11-17(22(21)30-24)18-5-3-4-6-27-18/h3-13H,1-2H3,(H,29,30)(H,31,32). The first kappa shape index (κ1) is 19.1. The number of H-pyrrole nitrogens is 2. The maximum absolute atomic E-state index is 4.86. The summed E-state index contributed by atoms with van der Waals surface area (Å²) in [6.07, 6.45) is 10.7. The highest BCUT2D eigenvalue weighted by atomic mass is 15.1. The topological polar surface area (TPSA) is 112 Å². The quantitative estimate of drug-likeness (QED) is 0.431. The van der Waals surface area contributed by atoms with Gasteiger partial charge in [-0.2, -0.15) is 5.10 Å². The average Bonchev–Trinajstić information content (AvgIpc) is 3.48. The molecule has 0 aliphatic carbocycles. The summed E-state index contributed by atoms with van der Waals surface area (Å²) in [7, 11) is 3.97. The first-order chi connectivity index (χ1) is 16.2. The highest BCUT2D eigenvalue weighted by Gasteiger charge is 2.17.